The van der Waals surface area contributed by atoms with E-state index < -0.39 is 5.60 Å². The van der Waals surface area contributed by atoms with Gasteiger partial charge in [-0.25, -0.2) is 0 Å². The third-order valence-corrected chi connectivity index (χ3v) is 3.71. The first-order valence-corrected chi connectivity index (χ1v) is 7.54. The predicted octanol–water partition coefficient (Wildman–Crippen LogP) is 3.92. The van der Waals surface area contributed by atoms with Crippen molar-refractivity contribution in [3.63, 3.8) is 0 Å². The normalized spacial score (nSPS) is 21.1. The van der Waals surface area contributed by atoms with Gasteiger partial charge in [0.2, 0.25) is 0 Å². The van der Waals surface area contributed by atoms with Crippen LogP contribution in [0, 0.1) is 5.92 Å². The zero-order chi connectivity index (χ0) is 15.2. The molecule has 0 bridgehead atoms. The Labute approximate surface area is 123 Å². The molecule has 1 unspecified atom stereocenters. The molecule has 1 atom stereocenters. The average molecular weight is 276 g/mol. The molecule has 1 aliphatic carbocycles. The Morgan fingerprint density at radius 1 is 1.30 bits per heavy atom. The van der Waals surface area contributed by atoms with Crippen molar-refractivity contribution in [3.8, 4) is 0 Å². The quantitative estimate of drug-likeness (QED) is 0.722. The van der Waals surface area contributed by atoms with Gasteiger partial charge in [0.25, 0.3) is 0 Å². The third-order valence-electron chi connectivity index (χ3n) is 3.71. The summed E-state index contributed by atoms with van der Waals surface area (Å²) < 4.78 is 0. The number of aliphatic hydroxyl groups is 2. The average Bonchev–Trinajstić information content (AvgIpc) is 2.42. The number of hydrogen-bond donors (Lipinski definition) is 2. The second-order valence-electron chi connectivity index (χ2n) is 5.86. The highest BCUT2D eigenvalue weighted by atomic mass is 16.3. The van der Waals surface area contributed by atoms with Crippen molar-refractivity contribution in [2.45, 2.75) is 52.6 Å². The molecular formula is C18H28O2. The first-order valence-electron chi connectivity index (χ1n) is 7.54. The molecule has 0 radical (unpaired) electrons. The Hall–Kier alpha value is -1.12. The summed E-state index contributed by atoms with van der Waals surface area (Å²) >= 11 is 0. The van der Waals surface area contributed by atoms with E-state index in [1.807, 2.05) is 19.9 Å². The van der Waals surface area contributed by atoms with E-state index in [2.05, 4.69) is 38.2 Å². The molecule has 0 saturated heterocycles. The van der Waals surface area contributed by atoms with Crippen LogP contribution >= 0.6 is 0 Å². The van der Waals surface area contributed by atoms with Crippen molar-refractivity contribution in [3.05, 3.63) is 47.1 Å². The molecule has 2 N–H and O–H groups in total. The van der Waals surface area contributed by atoms with Crippen LogP contribution in [0.2, 0.25) is 0 Å². The SMILES string of the molecule is CC/C=C(CO)/C(=C\CC)C1=CC=CC(C(C)(C)O)C1. The fourth-order valence-corrected chi connectivity index (χ4v) is 2.54. The molecule has 0 aromatic rings. The molecule has 0 fully saturated rings. The lowest BCUT2D eigenvalue weighted by Crippen LogP contribution is -2.30. The van der Waals surface area contributed by atoms with Gasteiger partial charge < -0.3 is 10.2 Å². The fourth-order valence-electron chi connectivity index (χ4n) is 2.54. The zero-order valence-corrected chi connectivity index (χ0v) is 13.2. The van der Waals surface area contributed by atoms with Crippen LogP contribution in [0.5, 0.6) is 0 Å². The minimum absolute atomic E-state index is 0.0634. The Morgan fingerprint density at radius 2 is 1.95 bits per heavy atom. The topological polar surface area (TPSA) is 40.5 Å². The van der Waals surface area contributed by atoms with Crippen LogP contribution in [0.4, 0.5) is 0 Å². The molecule has 0 aliphatic heterocycles. The monoisotopic (exact) mass is 276 g/mol. The summed E-state index contributed by atoms with van der Waals surface area (Å²) in [6.45, 7) is 7.95. The van der Waals surface area contributed by atoms with Crippen LogP contribution in [0.1, 0.15) is 47.0 Å². The number of rotatable bonds is 6. The van der Waals surface area contributed by atoms with Crippen LogP contribution in [-0.2, 0) is 0 Å². The van der Waals surface area contributed by atoms with Gasteiger partial charge in [-0.3, -0.25) is 0 Å². The molecule has 0 saturated carbocycles. The first-order chi connectivity index (χ1) is 9.43. The van der Waals surface area contributed by atoms with Gasteiger partial charge in [-0.05, 0) is 49.8 Å². The molecule has 0 aromatic heterocycles. The number of allylic oxidation sites excluding steroid dienone is 5. The van der Waals surface area contributed by atoms with Gasteiger partial charge in [-0.15, -0.1) is 0 Å². The molecule has 112 valence electrons. The molecule has 20 heavy (non-hydrogen) atoms. The third kappa shape index (κ3) is 4.46. The van der Waals surface area contributed by atoms with Crippen molar-refractivity contribution in [2.75, 3.05) is 6.61 Å². The summed E-state index contributed by atoms with van der Waals surface area (Å²) in [5.41, 5.74) is 2.61. The van der Waals surface area contributed by atoms with Crippen LogP contribution in [0.3, 0.4) is 0 Å². The molecule has 0 spiro atoms. The van der Waals surface area contributed by atoms with Gasteiger partial charge in [0.1, 0.15) is 0 Å². The van der Waals surface area contributed by atoms with Crippen LogP contribution in [0.15, 0.2) is 47.1 Å². The highest BCUT2D eigenvalue weighted by Gasteiger charge is 2.27. The summed E-state index contributed by atoms with van der Waals surface area (Å²) in [5, 5.41) is 19.8. The van der Waals surface area contributed by atoms with Crippen LogP contribution < -0.4 is 0 Å². The lowest BCUT2D eigenvalue weighted by atomic mass is 9.79. The molecule has 1 aliphatic rings. The van der Waals surface area contributed by atoms with Gasteiger partial charge >= 0.3 is 0 Å². The van der Waals surface area contributed by atoms with E-state index in [1.54, 1.807) is 0 Å². The number of hydrogen-bond acceptors (Lipinski definition) is 2. The number of aliphatic hydroxyl groups excluding tert-OH is 1. The van der Waals surface area contributed by atoms with Gasteiger partial charge in [-0.2, -0.15) is 0 Å². The van der Waals surface area contributed by atoms with E-state index in [9.17, 15) is 10.2 Å². The molecule has 2 heteroatoms. The van der Waals surface area contributed by atoms with Gasteiger partial charge in [0.15, 0.2) is 0 Å². The maximum atomic E-state index is 10.2. The summed E-state index contributed by atoms with van der Waals surface area (Å²) in [6, 6.07) is 0. The lowest BCUT2D eigenvalue weighted by Gasteiger charge is -2.30. The maximum absolute atomic E-state index is 10.2. The van der Waals surface area contributed by atoms with Crippen molar-refractivity contribution >= 4 is 0 Å². The summed E-state index contributed by atoms with van der Waals surface area (Å²) in [6.07, 6.45) is 13.1. The van der Waals surface area contributed by atoms with E-state index in [-0.39, 0.29) is 12.5 Å². The molecule has 1 rings (SSSR count). The van der Waals surface area contributed by atoms with E-state index >= 15 is 0 Å². The summed E-state index contributed by atoms with van der Waals surface area (Å²) in [4.78, 5) is 0. The fraction of sp³-hybridized carbons (Fsp3) is 0.556. The van der Waals surface area contributed by atoms with E-state index in [1.165, 1.54) is 5.57 Å². The largest absolute Gasteiger partial charge is 0.392 e. The summed E-state index contributed by atoms with van der Waals surface area (Å²) in [5.74, 6) is 0.115. The van der Waals surface area contributed by atoms with Gasteiger partial charge in [-0.1, -0.05) is 44.2 Å². The first kappa shape index (κ1) is 16.9. The molecule has 2 nitrogen and oxygen atoms in total. The van der Waals surface area contributed by atoms with Crippen LogP contribution in [0.25, 0.3) is 0 Å². The maximum Gasteiger partial charge on any atom is 0.0684 e. The molecule has 0 heterocycles. The highest BCUT2D eigenvalue weighted by molar-refractivity contribution is 5.49. The highest BCUT2D eigenvalue weighted by Crippen LogP contribution is 2.34. The Morgan fingerprint density at radius 3 is 2.45 bits per heavy atom. The standard InChI is InChI=1S/C18H28O2/c1-5-8-15(13-19)17(9-6-2)14-10-7-11-16(12-14)18(3,4)20/h7-11,16,19-20H,5-6,12-13H2,1-4H3/b15-8+,17-9-. The Bertz CT molecular complexity index is 431. The van der Waals surface area contributed by atoms with E-state index in [4.69, 9.17) is 0 Å². The van der Waals surface area contributed by atoms with Crippen molar-refractivity contribution in [1.82, 2.24) is 0 Å². The second kappa shape index (κ2) is 7.61. The van der Waals surface area contributed by atoms with Crippen molar-refractivity contribution in [2.24, 2.45) is 5.92 Å². The summed E-state index contributed by atoms with van der Waals surface area (Å²) in [7, 11) is 0. The molecule has 0 amide bonds. The van der Waals surface area contributed by atoms with Gasteiger partial charge in [0, 0.05) is 5.92 Å². The Balaban J connectivity index is 3.06. The van der Waals surface area contributed by atoms with Crippen molar-refractivity contribution in [1.29, 1.82) is 0 Å². The van der Waals surface area contributed by atoms with E-state index in [0.717, 1.165) is 30.4 Å². The van der Waals surface area contributed by atoms with E-state index in [0.29, 0.717) is 0 Å². The zero-order valence-electron chi connectivity index (χ0n) is 13.2. The molecule has 0 aromatic carbocycles. The predicted molar refractivity (Wildman–Crippen MR) is 85.5 cm³/mol. The molecular weight excluding hydrogens is 248 g/mol. The lowest BCUT2D eigenvalue weighted by molar-refractivity contribution is 0.0368. The van der Waals surface area contributed by atoms with Crippen LogP contribution in [-0.4, -0.2) is 22.4 Å². The smallest absolute Gasteiger partial charge is 0.0684 e. The second-order valence-corrected chi connectivity index (χ2v) is 5.86. The minimum atomic E-state index is -0.721. The minimum Gasteiger partial charge on any atom is -0.392 e. The Kier molecular flexibility index (Phi) is 6.44. The van der Waals surface area contributed by atoms with Crippen molar-refractivity contribution < 1.29 is 10.2 Å². The van der Waals surface area contributed by atoms with Gasteiger partial charge in [0.05, 0.1) is 12.2 Å².